The lowest BCUT2D eigenvalue weighted by Gasteiger charge is -2.12. The Morgan fingerprint density at radius 3 is 2.71 bits per heavy atom. The molecule has 2 aromatic heterocycles. The number of hydrogen-bond donors (Lipinski definition) is 2. The van der Waals surface area contributed by atoms with Crippen LogP contribution < -0.4 is 10.5 Å². The van der Waals surface area contributed by atoms with Crippen LogP contribution in [0.2, 0.25) is 0 Å². The van der Waals surface area contributed by atoms with Gasteiger partial charge in [0, 0.05) is 11.1 Å². The number of anilines is 1. The summed E-state index contributed by atoms with van der Waals surface area (Å²) in [5.74, 6) is -0.221. The first-order valence-electron chi connectivity index (χ1n) is 7.71. The average Bonchev–Trinajstić information content (AvgIpc) is 3.18. The van der Waals surface area contributed by atoms with Crippen molar-refractivity contribution >= 4 is 33.2 Å². The van der Waals surface area contributed by atoms with Crippen LogP contribution in [-0.2, 0) is 12.8 Å². The quantitative estimate of drug-likeness (QED) is 0.758. The Morgan fingerprint density at radius 1 is 1.29 bits per heavy atom. The molecule has 0 spiro atoms. The largest absolute Gasteiger partial charge is 0.497 e. The van der Waals surface area contributed by atoms with Crippen molar-refractivity contribution in [2.45, 2.75) is 19.3 Å². The second-order valence-corrected chi connectivity index (χ2v) is 6.82. The van der Waals surface area contributed by atoms with Gasteiger partial charge in [-0.2, -0.15) is 0 Å². The van der Waals surface area contributed by atoms with E-state index in [1.807, 2.05) is 24.3 Å². The zero-order valence-electron chi connectivity index (χ0n) is 13.1. The number of hydrogen-bond acceptors (Lipinski definition) is 5. The van der Waals surface area contributed by atoms with Gasteiger partial charge in [-0.3, -0.25) is 0 Å². The number of pyridine rings is 1. The number of carboxylic acid groups (broad SMARTS) is 1. The van der Waals surface area contributed by atoms with Crippen molar-refractivity contribution in [3.63, 3.8) is 0 Å². The molecule has 24 heavy (non-hydrogen) atoms. The molecule has 0 bridgehead atoms. The minimum absolute atomic E-state index is 0.163. The smallest absolute Gasteiger partial charge is 0.348 e. The van der Waals surface area contributed by atoms with Crippen LogP contribution in [0.3, 0.4) is 0 Å². The van der Waals surface area contributed by atoms with E-state index in [9.17, 15) is 9.90 Å². The molecule has 122 valence electrons. The Hall–Kier alpha value is -2.60. The second kappa shape index (κ2) is 5.49. The van der Waals surface area contributed by atoms with E-state index in [0.717, 1.165) is 58.6 Å². The Morgan fingerprint density at radius 2 is 2.04 bits per heavy atom. The summed E-state index contributed by atoms with van der Waals surface area (Å²) >= 11 is 1.15. The van der Waals surface area contributed by atoms with Crippen LogP contribution in [0.1, 0.15) is 27.3 Å². The van der Waals surface area contributed by atoms with E-state index in [2.05, 4.69) is 0 Å². The van der Waals surface area contributed by atoms with Crippen LogP contribution in [-0.4, -0.2) is 23.2 Å². The molecule has 0 atom stereocenters. The Labute approximate surface area is 142 Å². The molecule has 0 fully saturated rings. The summed E-state index contributed by atoms with van der Waals surface area (Å²) in [6.07, 6.45) is 2.93. The van der Waals surface area contributed by atoms with Crippen LogP contribution in [0.15, 0.2) is 24.3 Å². The van der Waals surface area contributed by atoms with Gasteiger partial charge in [-0.25, -0.2) is 9.78 Å². The van der Waals surface area contributed by atoms with Crippen LogP contribution >= 0.6 is 11.3 Å². The van der Waals surface area contributed by atoms with Gasteiger partial charge in [0.15, 0.2) is 0 Å². The van der Waals surface area contributed by atoms with Gasteiger partial charge in [-0.1, -0.05) is 12.1 Å². The standard InChI is InChI=1S/C18H16N2O3S/c1-23-10-7-5-9(6-8-10)13-11-3-2-4-12(11)20-17-14(13)15(19)16(24-17)18(21)22/h5-8H,2-4,19H2,1H3,(H,21,22). The van der Waals surface area contributed by atoms with E-state index in [1.165, 1.54) is 5.56 Å². The first-order chi connectivity index (χ1) is 11.6. The summed E-state index contributed by atoms with van der Waals surface area (Å²) in [5, 5.41) is 10.2. The maximum atomic E-state index is 11.5. The number of fused-ring (bicyclic) bond motifs is 2. The fourth-order valence-corrected chi connectivity index (χ4v) is 4.34. The molecule has 0 aliphatic heterocycles. The molecular weight excluding hydrogens is 324 g/mol. The van der Waals surface area contributed by atoms with Crippen molar-refractivity contribution in [3.8, 4) is 16.9 Å². The molecule has 2 heterocycles. The molecule has 0 saturated carbocycles. The van der Waals surface area contributed by atoms with Crippen molar-refractivity contribution < 1.29 is 14.6 Å². The summed E-state index contributed by atoms with van der Waals surface area (Å²) in [7, 11) is 1.63. The second-order valence-electron chi connectivity index (χ2n) is 5.82. The lowest BCUT2D eigenvalue weighted by atomic mass is 9.96. The van der Waals surface area contributed by atoms with Gasteiger partial charge < -0.3 is 15.6 Å². The van der Waals surface area contributed by atoms with Gasteiger partial charge in [0.05, 0.1) is 12.8 Å². The van der Waals surface area contributed by atoms with E-state index >= 15 is 0 Å². The highest BCUT2D eigenvalue weighted by molar-refractivity contribution is 7.21. The zero-order chi connectivity index (χ0) is 16.8. The summed E-state index contributed by atoms with van der Waals surface area (Å²) in [6, 6.07) is 7.79. The molecule has 0 saturated heterocycles. The fourth-order valence-electron chi connectivity index (χ4n) is 3.38. The van der Waals surface area contributed by atoms with Crippen molar-refractivity contribution in [1.82, 2.24) is 4.98 Å². The van der Waals surface area contributed by atoms with Crippen LogP contribution in [0, 0.1) is 0 Å². The summed E-state index contributed by atoms with van der Waals surface area (Å²) in [5.41, 5.74) is 10.8. The van der Waals surface area contributed by atoms with Gasteiger partial charge in [0.2, 0.25) is 0 Å². The highest BCUT2D eigenvalue weighted by Crippen LogP contribution is 2.44. The molecule has 3 aromatic rings. The van der Waals surface area contributed by atoms with Crippen LogP contribution in [0.5, 0.6) is 5.75 Å². The molecule has 1 aliphatic rings. The Balaban J connectivity index is 2.06. The molecule has 0 radical (unpaired) electrons. The van der Waals surface area contributed by atoms with E-state index in [0.29, 0.717) is 10.5 Å². The van der Waals surface area contributed by atoms with Crippen molar-refractivity contribution in [2.75, 3.05) is 12.8 Å². The Bertz CT molecular complexity index is 961. The normalized spacial score (nSPS) is 13.2. The number of nitrogen functional groups attached to an aromatic ring is 1. The summed E-state index contributed by atoms with van der Waals surface area (Å²) < 4.78 is 5.23. The number of aromatic carboxylic acids is 1. The highest BCUT2D eigenvalue weighted by atomic mass is 32.1. The number of aryl methyl sites for hydroxylation is 1. The number of aromatic nitrogens is 1. The number of carboxylic acids is 1. The number of nitrogens with zero attached hydrogens (tertiary/aromatic N) is 1. The zero-order valence-corrected chi connectivity index (χ0v) is 13.9. The number of benzene rings is 1. The van der Waals surface area contributed by atoms with Gasteiger partial charge >= 0.3 is 5.97 Å². The molecular formula is C18H16N2O3S. The minimum Gasteiger partial charge on any atom is -0.497 e. The van der Waals surface area contributed by atoms with Crippen LogP contribution in [0.25, 0.3) is 21.3 Å². The first-order valence-corrected chi connectivity index (χ1v) is 8.53. The monoisotopic (exact) mass is 340 g/mol. The molecule has 5 nitrogen and oxygen atoms in total. The number of methoxy groups -OCH3 is 1. The number of carbonyl (C=O) groups is 1. The molecule has 3 N–H and O–H groups in total. The lowest BCUT2D eigenvalue weighted by Crippen LogP contribution is -1.99. The summed E-state index contributed by atoms with van der Waals surface area (Å²) in [6.45, 7) is 0. The molecule has 4 rings (SSSR count). The molecule has 0 unspecified atom stereocenters. The number of rotatable bonds is 3. The summed E-state index contributed by atoms with van der Waals surface area (Å²) in [4.78, 5) is 17.0. The average molecular weight is 340 g/mol. The van der Waals surface area contributed by atoms with E-state index < -0.39 is 5.97 Å². The van der Waals surface area contributed by atoms with Crippen molar-refractivity contribution in [3.05, 3.63) is 40.4 Å². The molecule has 6 heteroatoms. The Kier molecular flexibility index (Phi) is 3.42. The molecule has 1 aromatic carbocycles. The SMILES string of the molecule is COc1ccc(-c2c3c(nc4sc(C(=O)O)c(N)c24)CCC3)cc1. The predicted molar refractivity (Wildman–Crippen MR) is 95.0 cm³/mol. The number of thiophene rings is 1. The van der Waals surface area contributed by atoms with Crippen LogP contribution in [0.4, 0.5) is 5.69 Å². The van der Waals surface area contributed by atoms with Crippen molar-refractivity contribution in [2.24, 2.45) is 0 Å². The van der Waals surface area contributed by atoms with Gasteiger partial charge in [-0.05, 0) is 48.1 Å². The predicted octanol–water partition coefficient (Wildman–Crippen LogP) is 3.74. The van der Waals surface area contributed by atoms with E-state index in [1.54, 1.807) is 7.11 Å². The topological polar surface area (TPSA) is 85.4 Å². The minimum atomic E-state index is -1.00. The third-order valence-corrected chi connectivity index (χ3v) is 5.56. The highest BCUT2D eigenvalue weighted by Gasteiger charge is 2.26. The van der Waals surface area contributed by atoms with Gasteiger partial charge in [0.1, 0.15) is 15.5 Å². The third-order valence-electron chi connectivity index (χ3n) is 4.48. The van der Waals surface area contributed by atoms with Crippen molar-refractivity contribution in [1.29, 1.82) is 0 Å². The number of nitrogens with two attached hydrogens (primary N) is 1. The maximum absolute atomic E-state index is 11.5. The lowest BCUT2D eigenvalue weighted by molar-refractivity contribution is 0.0703. The number of ether oxygens (including phenoxy) is 1. The first kappa shape index (κ1) is 15.0. The van der Waals surface area contributed by atoms with Gasteiger partial charge in [0.25, 0.3) is 0 Å². The van der Waals surface area contributed by atoms with Gasteiger partial charge in [-0.15, -0.1) is 11.3 Å². The van der Waals surface area contributed by atoms with E-state index in [4.69, 9.17) is 15.5 Å². The molecule has 0 amide bonds. The maximum Gasteiger partial charge on any atom is 0.348 e. The third kappa shape index (κ3) is 2.14. The fraction of sp³-hybridized carbons (Fsp3) is 0.222. The molecule has 1 aliphatic carbocycles. The van der Waals surface area contributed by atoms with E-state index in [-0.39, 0.29) is 4.88 Å².